The van der Waals surface area contributed by atoms with Crippen LogP contribution < -0.4 is 11.1 Å². The molecule has 0 atom stereocenters. The van der Waals surface area contributed by atoms with E-state index in [0.29, 0.717) is 12.5 Å². The van der Waals surface area contributed by atoms with E-state index in [1.165, 1.54) is 16.8 Å². The number of benzene rings is 1. The van der Waals surface area contributed by atoms with E-state index in [9.17, 15) is 0 Å². The van der Waals surface area contributed by atoms with Gasteiger partial charge in [0.15, 0.2) is 5.96 Å². The molecule has 126 valence electrons. The third-order valence-electron chi connectivity index (χ3n) is 3.69. The number of halogens is 1. The van der Waals surface area contributed by atoms with Crippen molar-refractivity contribution in [3.8, 4) is 0 Å². The number of nitrogens with two attached hydrogens (primary N) is 1. The molecule has 0 amide bonds. The third kappa shape index (κ3) is 5.85. The molecule has 0 aliphatic carbocycles. The molecule has 2 rings (SSSR count). The molecule has 5 nitrogen and oxygen atoms in total. The van der Waals surface area contributed by atoms with Gasteiger partial charge in [-0.05, 0) is 63.4 Å². The second kappa shape index (κ2) is 8.90. The lowest BCUT2D eigenvalue weighted by Gasteiger charge is -2.08. The first kappa shape index (κ1) is 19.5. The summed E-state index contributed by atoms with van der Waals surface area (Å²) in [7, 11) is 0. The minimum absolute atomic E-state index is 0. The van der Waals surface area contributed by atoms with E-state index in [-0.39, 0.29) is 24.0 Å². The molecule has 0 spiro atoms. The van der Waals surface area contributed by atoms with Crippen LogP contribution in [0.3, 0.4) is 0 Å². The standard InChI is InChI=1S/C17H25N5.HI/c1-12-6-7-16(10-13(12)2)20-17(18)19-8-5-9-22-15(4)11-14(3)21-22;/h6-7,10-11H,5,8-9H2,1-4H3,(H3,18,19,20);1H. The molecule has 0 saturated heterocycles. The summed E-state index contributed by atoms with van der Waals surface area (Å²) >= 11 is 0. The number of rotatable bonds is 5. The predicted octanol–water partition coefficient (Wildman–Crippen LogP) is 3.55. The van der Waals surface area contributed by atoms with Gasteiger partial charge in [0, 0.05) is 24.5 Å². The Morgan fingerprint density at radius 1 is 1.17 bits per heavy atom. The van der Waals surface area contributed by atoms with Crippen LogP contribution in [0.25, 0.3) is 0 Å². The molecule has 1 heterocycles. The van der Waals surface area contributed by atoms with Gasteiger partial charge in [0.25, 0.3) is 0 Å². The number of nitrogens with one attached hydrogen (secondary N) is 1. The Bertz CT molecular complexity index is 676. The molecular formula is C17H26IN5. The molecule has 0 aliphatic rings. The maximum Gasteiger partial charge on any atom is 0.193 e. The lowest BCUT2D eigenvalue weighted by molar-refractivity contribution is 0.568. The Hall–Kier alpha value is -1.57. The number of anilines is 1. The molecule has 0 bridgehead atoms. The van der Waals surface area contributed by atoms with Gasteiger partial charge in [0.05, 0.1) is 5.69 Å². The van der Waals surface area contributed by atoms with Crippen molar-refractivity contribution in [1.29, 1.82) is 0 Å². The van der Waals surface area contributed by atoms with Crippen molar-refractivity contribution in [2.24, 2.45) is 10.7 Å². The zero-order valence-electron chi connectivity index (χ0n) is 14.3. The monoisotopic (exact) mass is 427 g/mol. The number of hydrogen-bond donors (Lipinski definition) is 2. The first-order valence-corrected chi connectivity index (χ1v) is 7.61. The molecule has 1 aromatic carbocycles. The number of aromatic nitrogens is 2. The second-order valence-electron chi connectivity index (χ2n) is 5.69. The summed E-state index contributed by atoms with van der Waals surface area (Å²) in [6, 6.07) is 8.25. The lowest BCUT2D eigenvalue weighted by Crippen LogP contribution is -2.23. The van der Waals surface area contributed by atoms with E-state index in [1.54, 1.807) is 0 Å². The Morgan fingerprint density at radius 3 is 2.52 bits per heavy atom. The largest absolute Gasteiger partial charge is 0.370 e. The van der Waals surface area contributed by atoms with Gasteiger partial charge in [-0.2, -0.15) is 5.10 Å². The quantitative estimate of drug-likeness (QED) is 0.332. The van der Waals surface area contributed by atoms with Crippen LogP contribution in [0.5, 0.6) is 0 Å². The fourth-order valence-corrected chi connectivity index (χ4v) is 2.33. The Morgan fingerprint density at radius 2 is 1.91 bits per heavy atom. The first-order chi connectivity index (χ1) is 10.5. The normalized spacial score (nSPS) is 11.2. The summed E-state index contributed by atoms with van der Waals surface area (Å²) < 4.78 is 2.01. The molecule has 3 N–H and O–H groups in total. The van der Waals surface area contributed by atoms with Gasteiger partial charge >= 0.3 is 0 Å². The number of hydrogen-bond acceptors (Lipinski definition) is 2. The van der Waals surface area contributed by atoms with Crippen molar-refractivity contribution in [3.05, 3.63) is 46.8 Å². The maximum absolute atomic E-state index is 5.92. The molecular weight excluding hydrogens is 401 g/mol. The van der Waals surface area contributed by atoms with Crippen LogP contribution in [-0.4, -0.2) is 22.3 Å². The van der Waals surface area contributed by atoms with Gasteiger partial charge in [0.1, 0.15) is 0 Å². The summed E-state index contributed by atoms with van der Waals surface area (Å²) in [6.45, 7) is 9.80. The molecule has 6 heteroatoms. The van der Waals surface area contributed by atoms with E-state index in [2.05, 4.69) is 54.4 Å². The molecule has 2 aromatic rings. The zero-order valence-corrected chi connectivity index (χ0v) is 16.6. The fourth-order valence-electron chi connectivity index (χ4n) is 2.33. The van der Waals surface area contributed by atoms with Gasteiger partial charge in [-0.15, -0.1) is 24.0 Å². The zero-order chi connectivity index (χ0) is 16.1. The first-order valence-electron chi connectivity index (χ1n) is 7.61. The summed E-state index contributed by atoms with van der Waals surface area (Å²) in [5.41, 5.74) is 11.6. The number of nitrogens with zero attached hydrogens (tertiary/aromatic N) is 3. The van der Waals surface area contributed by atoms with Crippen LogP contribution >= 0.6 is 24.0 Å². The van der Waals surface area contributed by atoms with Crippen LogP contribution in [0, 0.1) is 27.7 Å². The van der Waals surface area contributed by atoms with Crippen LogP contribution in [0.1, 0.15) is 28.9 Å². The number of aryl methyl sites for hydroxylation is 5. The molecule has 1 aromatic heterocycles. The van der Waals surface area contributed by atoms with Crippen molar-refractivity contribution in [2.45, 2.75) is 40.7 Å². The summed E-state index contributed by atoms with van der Waals surface area (Å²) in [4.78, 5) is 4.37. The number of guanidine groups is 1. The Kier molecular flexibility index (Phi) is 7.54. The molecule has 0 saturated carbocycles. The molecule has 0 unspecified atom stereocenters. The van der Waals surface area contributed by atoms with Crippen molar-refractivity contribution >= 4 is 35.6 Å². The smallest absolute Gasteiger partial charge is 0.193 e. The van der Waals surface area contributed by atoms with Crippen molar-refractivity contribution in [2.75, 3.05) is 11.9 Å². The highest BCUT2D eigenvalue weighted by molar-refractivity contribution is 14.0. The van der Waals surface area contributed by atoms with Crippen molar-refractivity contribution in [1.82, 2.24) is 9.78 Å². The van der Waals surface area contributed by atoms with E-state index in [4.69, 9.17) is 5.73 Å². The average molecular weight is 427 g/mol. The Balaban J connectivity index is 0.00000264. The summed E-state index contributed by atoms with van der Waals surface area (Å²) in [5, 5.41) is 7.56. The van der Waals surface area contributed by atoms with E-state index < -0.39 is 0 Å². The van der Waals surface area contributed by atoms with E-state index in [1.807, 2.05) is 17.7 Å². The van der Waals surface area contributed by atoms with Crippen molar-refractivity contribution < 1.29 is 0 Å². The van der Waals surface area contributed by atoms with E-state index >= 15 is 0 Å². The average Bonchev–Trinajstić information content (AvgIpc) is 2.77. The van der Waals surface area contributed by atoms with Gasteiger partial charge < -0.3 is 11.1 Å². The van der Waals surface area contributed by atoms with Crippen molar-refractivity contribution in [3.63, 3.8) is 0 Å². The minimum Gasteiger partial charge on any atom is -0.370 e. The van der Waals surface area contributed by atoms with Crippen LogP contribution in [0.2, 0.25) is 0 Å². The maximum atomic E-state index is 5.92. The molecule has 0 radical (unpaired) electrons. The molecule has 23 heavy (non-hydrogen) atoms. The molecule has 0 fully saturated rings. The number of aliphatic imine (C=N–C) groups is 1. The SMILES string of the molecule is Cc1cc(C)n(CCCN=C(N)Nc2ccc(C)c(C)c2)n1.I. The van der Waals surface area contributed by atoms with Gasteiger partial charge in [0.2, 0.25) is 0 Å². The van der Waals surface area contributed by atoms with E-state index in [0.717, 1.165) is 24.3 Å². The fraction of sp³-hybridized carbons (Fsp3) is 0.412. The van der Waals surface area contributed by atoms with Gasteiger partial charge in [-0.25, -0.2) is 0 Å². The predicted molar refractivity (Wildman–Crippen MR) is 108 cm³/mol. The molecule has 0 aliphatic heterocycles. The summed E-state index contributed by atoms with van der Waals surface area (Å²) in [6.07, 6.45) is 0.914. The highest BCUT2D eigenvalue weighted by Crippen LogP contribution is 2.13. The van der Waals surface area contributed by atoms with Gasteiger partial charge in [-0.1, -0.05) is 6.07 Å². The van der Waals surface area contributed by atoms with Crippen LogP contribution in [0.15, 0.2) is 29.3 Å². The van der Waals surface area contributed by atoms with Crippen LogP contribution in [-0.2, 0) is 6.54 Å². The highest BCUT2D eigenvalue weighted by Gasteiger charge is 2.00. The van der Waals surface area contributed by atoms with Gasteiger partial charge in [-0.3, -0.25) is 9.67 Å². The topological polar surface area (TPSA) is 68.2 Å². The van der Waals surface area contributed by atoms with Crippen LogP contribution in [0.4, 0.5) is 5.69 Å². The second-order valence-corrected chi connectivity index (χ2v) is 5.69. The highest BCUT2D eigenvalue weighted by atomic mass is 127. The summed E-state index contributed by atoms with van der Waals surface area (Å²) in [5.74, 6) is 0.455. The Labute approximate surface area is 155 Å². The third-order valence-corrected chi connectivity index (χ3v) is 3.69. The minimum atomic E-state index is 0. The lowest BCUT2D eigenvalue weighted by atomic mass is 10.1.